The van der Waals surface area contributed by atoms with E-state index < -0.39 is 0 Å². The fourth-order valence-electron chi connectivity index (χ4n) is 2.71. The third-order valence-electron chi connectivity index (χ3n) is 4.04. The quantitative estimate of drug-likeness (QED) is 0.744. The van der Waals surface area contributed by atoms with Gasteiger partial charge in [-0.25, -0.2) is 4.98 Å². The van der Waals surface area contributed by atoms with E-state index in [2.05, 4.69) is 61.9 Å². The summed E-state index contributed by atoms with van der Waals surface area (Å²) in [5.41, 5.74) is 3.43. The molecule has 1 aromatic carbocycles. The lowest BCUT2D eigenvalue weighted by Gasteiger charge is -2.19. The summed E-state index contributed by atoms with van der Waals surface area (Å²) in [6.07, 6.45) is 1.78. The molecule has 0 atom stereocenters. The number of hydrogen-bond acceptors (Lipinski definition) is 3. The first-order valence-corrected chi connectivity index (χ1v) is 8.89. The minimum absolute atomic E-state index is 0.0328. The number of aryl methyl sites for hydroxylation is 1. The summed E-state index contributed by atoms with van der Waals surface area (Å²) >= 11 is 1.54. The predicted molar refractivity (Wildman–Crippen MR) is 98.4 cm³/mol. The lowest BCUT2D eigenvalue weighted by molar-refractivity contribution is 0.590. The summed E-state index contributed by atoms with van der Waals surface area (Å²) in [5.74, 6) is 0.779. The molecule has 0 unspecified atom stereocenters. The number of aromatic nitrogens is 2. The van der Waals surface area contributed by atoms with Gasteiger partial charge in [0.25, 0.3) is 5.56 Å². The molecule has 0 spiro atoms. The molecule has 4 heteroatoms. The van der Waals surface area contributed by atoms with Crippen LogP contribution < -0.4 is 5.56 Å². The smallest absolute Gasteiger partial charge is 0.260 e. The zero-order valence-electron chi connectivity index (χ0n) is 14.1. The van der Waals surface area contributed by atoms with Crippen LogP contribution in [0.1, 0.15) is 45.5 Å². The summed E-state index contributed by atoms with van der Waals surface area (Å²) in [4.78, 5) is 20.8. The summed E-state index contributed by atoms with van der Waals surface area (Å²) < 4.78 is 0. The molecule has 0 radical (unpaired) electrons. The van der Waals surface area contributed by atoms with Crippen molar-refractivity contribution in [2.45, 2.75) is 46.0 Å². The van der Waals surface area contributed by atoms with Crippen molar-refractivity contribution in [3.05, 3.63) is 51.4 Å². The predicted octanol–water partition coefficient (Wildman–Crippen LogP) is 4.90. The second-order valence-corrected chi connectivity index (χ2v) is 7.78. The van der Waals surface area contributed by atoms with Gasteiger partial charge in [-0.3, -0.25) is 4.79 Å². The summed E-state index contributed by atoms with van der Waals surface area (Å²) in [7, 11) is 0. The van der Waals surface area contributed by atoms with E-state index in [1.54, 1.807) is 11.3 Å². The minimum atomic E-state index is -0.0328. The van der Waals surface area contributed by atoms with Gasteiger partial charge in [-0.15, -0.1) is 11.3 Å². The van der Waals surface area contributed by atoms with Crippen LogP contribution in [-0.2, 0) is 11.8 Å². The molecule has 120 valence electrons. The number of benzene rings is 1. The monoisotopic (exact) mass is 326 g/mol. The average Bonchev–Trinajstić information content (AvgIpc) is 2.91. The van der Waals surface area contributed by atoms with Crippen molar-refractivity contribution in [2.24, 2.45) is 0 Å². The third kappa shape index (κ3) is 3.08. The van der Waals surface area contributed by atoms with Gasteiger partial charge >= 0.3 is 0 Å². The lowest BCUT2D eigenvalue weighted by Crippen LogP contribution is -2.11. The highest BCUT2D eigenvalue weighted by Crippen LogP contribution is 2.32. The fraction of sp³-hybridized carbons (Fsp3) is 0.368. The van der Waals surface area contributed by atoms with Crippen molar-refractivity contribution in [1.29, 1.82) is 0 Å². The number of nitrogens with one attached hydrogen (secondary N) is 1. The van der Waals surface area contributed by atoms with Gasteiger partial charge in [0.2, 0.25) is 0 Å². The topological polar surface area (TPSA) is 45.8 Å². The SMILES string of the molecule is CCCc1nc2scc(-c3ccc(C(C)(C)C)cc3)c2c(=O)[nH]1. The molecule has 0 amide bonds. The molecule has 3 nitrogen and oxygen atoms in total. The first-order chi connectivity index (χ1) is 10.9. The van der Waals surface area contributed by atoms with Crippen LogP contribution in [0.25, 0.3) is 21.3 Å². The maximum atomic E-state index is 12.5. The molecule has 0 bridgehead atoms. The van der Waals surface area contributed by atoms with Gasteiger partial charge < -0.3 is 4.98 Å². The molecular weight excluding hydrogens is 304 g/mol. The number of hydrogen-bond donors (Lipinski definition) is 1. The number of fused-ring (bicyclic) bond motifs is 1. The highest BCUT2D eigenvalue weighted by Gasteiger charge is 2.15. The number of aromatic amines is 1. The van der Waals surface area contributed by atoms with Crippen LogP contribution in [0, 0.1) is 0 Å². The van der Waals surface area contributed by atoms with Crippen LogP contribution in [0.4, 0.5) is 0 Å². The van der Waals surface area contributed by atoms with E-state index in [0.717, 1.165) is 34.6 Å². The molecule has 3 rings (SSSR count). The van der Waals surface area contributed by atoms with Crippen LogP contribution in [0.2, 0.25) is 0 Å². The highest BCUT2D eigenvalue weighted by molar-refractivity contribution is 7.17. The number of H-pyrrole nitrogens is 1. The Morgan fingerprint density at radius 1 is 1.17 bits per heavy atom. The van der Waals surface area contributed by atoms with Crippen LogP contribution in [0.15, 0.2) is 34.4 Å². The second kappa shape index (κ2) is 5.93. The van der Waals surface area contributed by atoms with Crippen molar-refractivity contribution in [3.63, 3.8) is 0 Å². The van der Waals surface area contributed by atoms with Gasteiger partial charge in [-0.05, 0) is 23.0 Å². The average molecular weight is 326 g/mol. The number of rotatable bonds is 3. The maximum Gasteiger partial charge on any atom is 0.260 e. The van der Waals surface area contributed by atoms with Crippen molar-refractivity contribution in [2.75, 3.05) is 0 Å². The van der Waals surface area contributed by atoms with E-state index in [9.17, 15) is 4.79 Å². The zero-order chi connectivity index (χ0) is 16.6. The van der Waals surface area contributed by atoms with Gasteiger partial charge in [0.15, 0.2) is 0 Å². The Balaban J connectivity index is 2.09. The Hall–Kier alpha value is -1.94. The van der Waals surface area contributed by atoms with E-state index in [4.69, 9.17) is 0 Å². The van der Waals surface area contributed by atoms with E-state index in [1.165, 1.54) is 5.56 Å². The molecule has 0 aliphatic rings. The molecule has 23 heavy (non-hydrogen) atoms. The van der Waals surface area contributed by atoms with Gasteiger partial charge in [-0.1, -0.05) is 52.0 Å². The number of nitrogens with zero attached hydrogens (tertiary/aromatic N) is 1. The summed E-state index contributed by atoms with van der Waals surface area (Å²) in [6.45, 7) is 8.68. The molecule has 0 aliphatic carbocycles. The Labute approximate surface area is 140 Å². The molecule has 3 aromatic rings. The third-order valence-corrected chi connectivity index (χ3v) is 4.91. The van der Waals surface area contributed by atoms with Gasteiger partial charge in [0.1, 0.15) is 10.7 Å². The molecule has 0 saturated heterocycles. The van der Waals surface area contributed by atoms with Gasteiger partial charge in [-0.2, -0.15) is 0 Å². The largest absolute Gasteiger partial charge is 0.310 e. The van der Waals surface area contributed by atoms with Crippen LogP contribution >= 0.6 is 11.3 Å². The Bertz CT molecular complexity index is 882. The number of thiophene rings is 1. The first kappa shape index (κ1) is 15.9. The Kier molecular flexibility index (Phi) is 4.11. The molecule has 2 aromatic heterocycles. The lowest BCUT2D eigenvalue weighted by atomic mass is 9.86. The van der Waals surface area contributed by atoms with Crippen LogP contribution in [0.5, 0.6) is 0 Å². The maximum absolute atomic E-state index is 12.5. The first-order valence-electron chi connectivity index (χ1n) is 8.01. The molecule has 1 N–H and O–H groups in total. The van der Waals surface area contributed by atoms with E-state index in [-0.39, 0.29) is 11.0 Å². The standard InChI is InChI=1S/C19H22N2OS/c1-5-6-15-20-17(22)16-14(11-23-18(16)21-15)12-7-9-13(10-8-12)19(2,3)4/h7-11H,5-6H2,1-4H3,(H,20,21,22). The van der Waals surface area contributed by atoms with Crippen molar-refractivity contribution in [1.82, 2.24) is 9.97 Å². The van der Waals surface area contributed by atoms with Crippen molar-refractivity contribution >= 4 is 21.6 Å². The summed E-state index contributed by atoms with van der Waals surface area (Å²) in [6, 6.07) is 8.49. The molecule has 2 heterocycles. The Morgan fingerprint density at radius 2 is 1.87 bits per heavy atom. The molecule has 0 saturated carbocycles. The fourth-order valence-corrected chi connectivity index (χ4v) is 3.68. The molecule has 0 aliphatic heterocycles. The second-order valence-electron chi connectivity index (χ2n) is 6.92. The van der Waals surface area contributed by atoms with E-state index in [0.29, 0.717) is 5.39 Å². The molecule has 0 fully saturated rings. The van der Waals surface area contributed by atoms with E-state index in [1.807, 2.05) is 5.38 Å². The van der Waals surface area contributed by atoms with Gasteiger partial charge in [0, 0.05) is 17.4 Å². The van der Waals surface area contributed by atoms with Crippen LogP contribution in [-0.4, -0.2) is 9.97 Å². The normalized spacial score (nSPS) is 12.0. The highest BCUT2D eigenvalue weighted by atomic mass is 32.1. The van der Waals surface area contributed by atoms with E-state index >= 15 is 0 Å². The van der Waals surface area contributed by atoms with Gasteiger partial charge in [0.05, 0.1) is 5.39 Å². The molecular formula is C19H22N2OS. The van der Waals surface area contributed by atoms with Crippen LogP contribution in [0.3, 0.4) is 0 Å². The summed E-state index contributed by atoms with van der Waals surface area (Å²) in [5, 5.41) is 2.74. The minimum Gasteiger partial charge on any atom is -0.310 e. The zero-order valence-corrected chi connectivity index (χ0v) is 14.9. The van der Waals surface area contributed by atoms with Crippen molar-refractivity contribution in [3.8, 4) is 11.1 Å². The van der Waals surface area contributed by atoms with Crippen molar-refractivity contribution < 1.29 is 0 Å². The Morgan fingerprint density at radius 3 is 2.48 bits per heavy atom.